The Morgan fingerprint density at radius 3 is 2.83 bits per heavy atom. The summed E-state index contributed by atoms with van der Waals surface area (Å²) in [7, 11) is 0. The van der Waals surface area contributed by atoms with Crippen LogP contribution in [0.25, 0.3) is 0 Å². The van der Waals surface area contributed by atoms with E-state index in [2.05, 4.69) is 23.5 Å². The molecule has 3 rings (SSSR count). The molecule has 0 spiro atoms. The molecule has 0 amide bonds. The lowest BCUT2D eigenvalue weighted by Gasteiger charge is -2.28. The van der Waals surface area contributed by atoms with Crippen LogP contribution in [0.1, 0.15) is 28.3 Å². The summed E-state index contributed by atoms with van der Waals surface area (Å²) in [6.45, 7) is 2.98. The highest BCUT2D eigenvalue weighted by molar-refractivity contribution is 5.42. The maximum absolute atomic E-state index is 13.5. The van der Waals surface area contributed by atoms with Crippen LogP contribution in [0.5, 0.6) is 0 Å². The standard InChI is InChI=1S/C16H16FN/c1-11-6-7-13(17)10-15(11)16-14-5-3-2-4-12(14)8-9-18-16/h2-7,10,16,18H,8-9H2,1H3. The zero-order valence-electron chi connectivity index (χ0n) is 10.4. The van der Waals surface area contributed by atoms with Crippen molar-refractivity contribution in [1.29, 1.82) is 0 Å². The van der Waals surface area contributed by atoms with Gasteiger partial charge in [-0.1, -0.05) is 30.3 Å². The maximum Gasteiger partial charge on any atom is 0.123 e. The fourth-order valence-electron chi connectivity index (χ4n) is 2.70. The Kier molecular flexibility index (Phi) is 2.88. The molecule has 1 aliphatic rings. The minimum absolute atomic E-state index is 0.116. The van der Waals surface area contributed by atoms with Crippen LogP contribution in [0.3, 0.4) is 0 Å². The van der Waals surface area contributed by atoms with E-state index in [0.29, 0.717) is 0 Å². The molecule has 92 valence electrons. The van der Waals surface area contributed by atoms with Crippen LogP contribution in [0.4, 0.5) is 4.39 Å². The van der Waals surface area contributed by atoms with Gasteiger partial charge >= 0.3 is 0 Å². The van der Waals surface area contributed by atoms with Gasteiger partial charge in [0.1, 0.15) is 5.82 Å². The summed E-state index contributed by atoms with van der Waals surface area (Å²) < 4.78 is 13.5. The number of aryl methyl sites for hydroxylation is 1. The lowest BCUT2D eigenvalue weighted by molar-refractivity contribution is 0.558. The number of halogens is 1. The second-order valence-corrected chi connectivity index (χ2v) is 4.84. The Morgan fingerprint density at radius 1 is 1.11 bits per heavy atom. The zero-order valence-corrected chi connectivity index (χ0v) is 10.4. The molecule has 0 aromatic heterocycles. The molecule has 1 aliphatic heterocycles. The molecule has 2 heteroatoms. The quantitative estimate of drug-likeness (QED) is 0.807. The number of hydrogen-bond acceptors (Lipinski definition) is 1. The van der Waals surface area contributed by atoms with Crippen molar-refractivity contribution in [2.45, 2.75) is 19.4 Å². The molecule has 0 fully saturated rings. The van der Waals surface area contributed by atoms with Gasteiger partial charge in [0.2, 0.25) is 0 Å². The van der Waals surface area contributed by atoms with Crippen molar-refractivity contribution in [3.05, 3.63) is 70.5 Å². The third kappa shape index (κ3) is 1.93. The molecular formula is C16H16FN. The number of benzene rings is 2. The van der Waals surface area contributed by atoms with Crippen LogP contribution in [-0.4, -0.2) is 6.54 Å². The summed E-state index contributed by atoms with van der Waals surface area (Å²) in [5.74, 6) is -0.166. The van der Waals surface area contributed by atoms with Crippen molar-refractivity contribution in [3.63, 3.8) is 0 Å². The first-order chi connectivity index (χ1) is 8.75. The molecule has 0 bridgehead atoms. The number of nitrogens with one attached hydrogen (secondary N) is 1. The largest absolute Gasteiger partial charge is 0.306 e. The van der Waals surface area contributed by atoms with Crippen LogP contribution in [0.2, 0.25) is 0 Å². The van der Waals surface area contributed by atoms with Crippen LogP contribution in [0.15, 0.2) is 42.5 Å². The molecule has 0 saturated heterocycles. The van der Waals surface area contributed by atoms with Gasteiger partial charge in [0.25, 0.3) is 0 Å². The van der Waals surface area contributed by atoms with Gasteiger partial charge in [0.05, 0.1) is 6.04 Å². The van der Waals surface area contributed by atoms with Gasteiger partial charge in [-0.05, 0) is 47.7 Å². The Balaban J connectivity index is 2.11. The molecule has 0 radical (unpaired) electrons. The van der Waals surface area contributed by atoms with Gasteiger partial charge < -0.3 is 5.32 Å². The predicted molar refractivity (Wildman–Crippen MR) is 71.1 cm³/mol. The van der Waals surface area contributed by atoms with Crippen LogP contribution < -0.4 is 5.32 Å². The molecule has 18 heavy (non-hydrogen) atoms. The first-order valence-corrected chi connectivity index (χ1v) is 6.33. The normalized spacial score (nSPS) is 18.4. The Labute approximate surface area is 107 Å². The minimum Gasteiger partial charge on any atom is -0.306 e. The molecule has 1 unspecified atom stereocenters. The van der Waals surface area contributed by atoms with E-state index in [4.69, 9.17) is 0 Å². The lowest BCUT2D eigenvalue weighted by atomic mass is 9.88. The monoisotopic (exact) mass is 241 g/mol. The van der Waals surface area contributed by atoms with Crippen LogP contribution >= 0.6 is 0 Å². The Bertz CT molecular complexity index is 577. The molecule has 1 heterocycles. The van der Waals surface area contributed by atoms with Crippen LogP contribution in [0, 0.1) is 12.7 Å². The third-order valence-electron chi connectivity index (χ3n) is 3.66. The maximum atomic E-state index is 13.5. The summed E-state index contributed by atoms with van der Waals surface area (Å²) in [5, 5.41) is 3.49. The van der Waals surface area contributed by atoms with Gasteiger partial charge in [-0.15, -0.1) is 0 Å². The van der Waals surface area contributed by atoms with Gasteiger partial charge in [0.15, 0.2) is 0 Å². The first-order valence-electron chi connectivity index (χ1n) is 6.33. The van der Waals surface area contributed by atoms with Crippen molar-refractivity contribution >= 4 is 0 Å². The molecule has 1 atom stereocenters. The van der Waals surface area contributed by atoms with Gasteiger partial charge in [-0.2, -0.15) is 0 Å². The minimum atomic E-state index is -0.166. The number of hydrogen-bond donors (Lipinski definition) is 1. The fraction of sp³-hybridized carbons (Fsp3) is 0.250. The molecule has 2 aromatic carbocycles. The van der Waals surface area contributed by atoms with E-state index in [1.807, 2.05) is 19.1 Å². The van der Waals surface area contributed by atoms with E-state index >= 15 is 0 Å². The summed E-state index contributed by atoms with van der Waals surface area (Å²) >= 11 is 0. The van der Waals surface area contributed by atoms with Gasteiger partial charge in [-0.3, -0.25) is 0 Å². The molecular weight excluding hydrogens is 225 g/mol. The van der Waals surface area contributed by atoms with Crippen molar-refractivity contribution in [1.82, 2.24) is 5.32 Å². The average Bonchev–Trinajstić information content (AvgIpc) is 2.41. The molecule has 2 aromatic rings. The SMILES string of the molecule is Cc1ccc(F)cc1C1NCCc2ccccc21. The molecule has 0 aliphatic carbocycles. The van der Waals surface area contributed by atoms with Gasteiger partial charge in [0, 0.05) is 6.54 Å². The second-order valence-electron chi connectivity index (χ2n) is 4.84. The van der Waals surface area contributed by atoms with Crippen LogP contribution in [-0.2, 0) is 6.42 Å². The van der Waals surface area contributed by atoms with Crippen molar-refractivity contribution in [2.75, 3.05) is 6.54 Å². The topological polar surface area (TPSA) is 12.0 Å². The summed E-state index contributed by atoms with van der Waals surface area (Å²) in [4.78, 5) is 0. The summed E-state index contributed by atoms with van der Waals surface area (Å²) in [5.41, 5.74) is 4.81. The number of rotatable bonds is 1. The van der Waals surface area contributed by atoms with Crippen molar-refractivity contribution in [3.8, 4) is 0 Å². The average molecular weight is 241 g/mol. The zero-order chi connectivity index (χ0) is 12.5. The second kappa shape index (κ2) is 4.54. The van der Waals surface area contributed by atoms with E-state index in [9.17, 15) is 4.39 Å². The molecule has 1 N–H and O–H groups in total. The Hall–Kier alpha value is -1.67. The highest BCUT2D eigenvalue weighted by Crippen LogP contribution is 2.30. The van der Waals surface area contributed by atoms with Crippen molar-refractivity contribution in [2.24, 2.45) is 0 Å². The summed E-state index contributed by atoms with van der Waals surface area (Å²) in [6, 6.07) is 13.6. The van der Waals surface area contributed by atoms with E-state index in [0.717, 1.165) is 24.1 Å². The van der Waals surface area contributed by atoms with Gasteiger partial charge in [-0.25, -0.2) is 4.39 Å². The lowest BCUT2D eigenvalue weighted by Crippen LogP contribution is -2.31. The number of fused-ring (bicyclic) bond motifs is 1. The molecule has 0 saturated carbocycles. The molecule has 1 nitrogen and oxygen atoms in total. The highest BCUT2D eigenvalue weighted by atomic mass is 19.1. The predicted octanol–water partition coefficient (Wildman–Crippen LogP) is 3.37. The van der Waals surface area contributed by atoms with E-state index in [-0.39, 0.29) is 11.9 Å². The van der Waals surface area contributed by atoms with E-state index < -0.39 is 0 Å². The van der Waals surface area contributed by atoms with E-state index in [1.165, 1.54) is 17.2 Å². The fourth-order valence-corrected chi connectivity index (χ4v) is 2.70. The Morgan fingerprint density at radius 2 is 1.94 bits per heavy atom. The van der Waals surface area contributed by atoms with E-state index in [1.54, 1.807) is 6.07 Å². The highest BCUT2D eigenvalue weighted by Gasteiger charge is 2.22. The third-order valence-corrected chi connectivity index (χ3v) is 3.66. The first kappa shape index (κ1) is 11.4. The van der Waals surface area contributed by atoms with Crippen molar-refractivity contribution < 1.29 is 4.39 Å². The summed E-state index contributed by atoms with van der Waals surface area (Å²) in [6.07, 6.45) is 1.04. The smallest absolute Gasteiger partial charge is 0.123 e.